The number of rotatable bonds is 5. The normalized spacial score (nSPS) is 11.5. The van der Waals surface area contributed by atoms with Crippen LogP contribution < -0.4 is 10.1 Å². The van der Waals surface area contributed by atoms with Gasteiger partial charge in [0.1, 0.15) is 0 Å². The van der Waals surface area contributed by atoms with E-state index in [9.17, 15) is 14.7 Å². The van der Waals surface area contributed by atoms with Crippen molar-refractivity contribution in [2.24, 2.45) is 0 Å². The van der Waals surface area contributed by atoms with Gasteiger partial charge in [-0.05, 0) is 42.3 Å². The molecule has 0 aromatic heterocycles. The molecule has 0 aliphatic heterocycles. The van der Waals surface area contributed by atoms with Gasteiger partial charge in [-0.1, -0.05) is 18.2 Å². The van der Waals surface area contributed by atoms with Gasteiger partial charge in [-0.2, -0.15) is 0 Å². The van der Waals surface area contributed by atoms with Crippen LogP contribution in [0.5, 0.6) is 11.5 Å². The predicted octanol–water partition coefficient (Wildman–Crippen LogP) is 2.35. The summed E-state index contributed by atoms with van der Waals surface area (Å²) < 4.78 is 9.88. The van der Waals surface area contributed by atoms with Crippen molar-refractivity contribution in [1.29, 1.82) is 0 Å². The summed E-state index contributed by atoms with van der Waals surface area (Å²) in [5, 5.41) is 12.5. The molecule has 2 aromatic rings. The number of benzene rings is 2. The SMILES string of the molecule is COC(=O)C(NC(=O)c1ccccc1)c1cc(OC)c(O)cc1C. The molecule has 0 spiro atoms. The number of phenolic OH excluding ortho intramolecular Hbond substituents is 1. The van der Waals surface area contributed by atoms with Gasteiger partial charge in [0.25, 0.3) is 5.91 Å². The summed E-state index contributed by atoms with van der Waals surface area (Å²) in [5.41, 5.74) is 1.53. The van der Waals surface area contributed by atoms with Crippen molar-refractivity contribution < 1.29 is 24.2 Å². The summed E-state index contributed by atoms with van der Waals surface area (Å²) in [6.07, 6.45) is 0. The van der Waals surface area contributed by atoms with Crippen LogP contribution >= 0.6 is 0 Å². The van der Waals surface area contributed by atoms with Gasteiger partial charge in [-0.25, -0.2) is 4.79 Å². The highest BCUT2D eigenvalue weighted by molar-refractivity contribution is 5.97. The minimum atomic E-state index is -1.02. The molecule has 0 aliphatic rings. The highest BCUT2D eigenvalue weighted by atomic mass is 16.5. The number of ether oxygens (including phenoxy) is 2. The Morgan fingerprint density at radius 1 is 1.12 bits per heavy atom. The average molecular weight is 329 g/mol. The third-order valence-corrected chi connectivity index (χ3v) is 3.63. The molecule has 2 N–H and O–H groups in total. The second kappa shape index (κ2) is 7.50. The molecular weight excluding hydrogens is 310 g/mol. The molecule has 24 heavy (non-hydrogen) atoms. The van der Waals surface area contributed by atoms with E-state index in [0.717, 1.165) is 0 Å². The van der Waals surface area contributed by atoms with Gasteiger partial charge in [0.15, 0.2) is 17.5 Å². The van der Waals surface area contributed by atoms with Crippen LogP contribution in [0, 0.1) is 6.92 Å². The lowest BCUT2D eigenvalue weighted by Gasteiger charge is -2.20. The lowest BCUT2D eigenvalue weighted by molar-refractivity contribution is -0.143. The fourth-order valence-electron chi connectivity index (χ4n) is 2.35. The predicted molar refractivity (Wildman–Crippen MR) is 88.1 cm³/mol. The van der Waals surface area contributed by atoms with Gasteiger partial charge in [0.05, 0.1) is 14.2 Å². The molecular formula is C18H19NO5. The van der Waals surface area contributed by atoms with Crippen LogP contribution in [0.1, 0.15) is 27.5 Å². The Bertz CT molecular complexity index is 743. The lowest BCUT2D eigenvalue weighted by atomic mass is 9.99. The Balaban J connectivity index is 2.39. The van der Waals surface area contributed by atoms with Crippen molar-refractivity contribution in [1.82, 2.24) is 5.32 Å². The maximum absolute atomic E-state index is 12.4. The van der Waals surface area contributed by atoms with Crippen molar-refractivity contribution in [2.45, 2.75) is 13.0 Å². The largest absolute Gasteiger partial charge is 0.504 e. The molecule has 2 aromatic carbocycles. The van der Waals surface area contributed by atoms with Crippen molar-refractivity contribution in [3.05, 3.63) is 59.2 Å². The number of phenols is 1. The number of aryl methyl sites for hydroxylation is 1. The van der Waals surface area contributed by atoms with Crippen LogP contribution in [0.2, 0.25) is 0 Å². The fourth-order valence-corrected chi connectivity index (χ4v) is 2.35. The van der Waals surface area contributed by atoms with Crippen molar-refractivity contribution in [3.8, 4) is 11.5 Å². The van der Waals surface area contributed by atoms with E-state index in [2.05, 4.69) is 5.32 Å². The number of amides is 1. The minimum absolute atomic E-state index is 0.0447. The number of carbonyl (C=O) groups excluding carboxylic acids is 2. The van der Waals surface area contributed by atoms with Crippen molar-refractivity contribution >= 4 is 11.9 Å². The topological polar surface area (TPSA) is 84.9 Å². The molecule has 0 saturated heterocycles. The van der Waals surface area contributed by atoms with Crippen molar-refractivity contribution in [3.63, 3.8) is 0 Å². The van der Waals surface area contributed by atoms with E-state index in [1.807, 2.05) is 0 Å². The first-order valence-corrected chi connectivity index (χ1v) is 7.29. The zero-order valence-electron chi connectivity index (χ0n) is 13.7. The monoisotopic (exact) mass is 329 g/mol. The van der Waals surface area contributed by atoms with Crippen LogP contribution in [-0.4, -0.2) is 31.2 Å². The fraction of sp³-hybridized carbons (Fsp3) is 0.222. The van der Waals surface area contributed by atoms with E-state index in [-0.39, 0.29) is 11.5 Å². The van der Waals surface area contributed by atoms with E-state index in [1.54, 1.807) is 37.3 Å². The summed E-state index contributed by atoms with van der Waals surface area (Å²) in [6, 6.07) is 10.5. The number of aromatic hydroxyl groups is 1. The van der Waals surface area contributed by atoms with E-state index < -0.39 is 17.9 Å². The van der Waals surface area contributed by atoms with Crippen LogP contribution in [0.4, 0.5) is 0 Å². The number of hydrogen-bond acceptors (Lipinski definition) is 5. The second-order valence-electron chi connectivity index (χ2n) is 5.18. The maximum Gasteiger partial charge on any atom is 0.333 e. The molecule has 6 nitrogen and oxygen atoms in total. The first kappa shape index (κ1) is 17.3. The van der Waals surface area contributed by atoms with E-state index in [1.165, 1.54) is 26.4 Å². The van der Waals surface area contributed by atoms with Gasteiger partial charge in [0, 0.05) is 5.56 Å². The number of methoxy groups -OCH3 is 2. The van der Waals surface area contributed by atoms with Crippen LogP contribution in [-0.2, 0) is 9.53 Å². The number of hydrogen-bond donors (Lipinski definition) is 2. The Kier molecular flexibility index (Phi) is 5.42. The van der Waals surface area contributed by atoms with E-state index in [4.69, 9.17) is 9.47 Å². The zero-order valence-corrected chi connectivity index (χ0v) is 13.7. The van der Waals surface area contributed by atoms with Gasteiger partial charge in [-0.15, -0.1) is 0 Å². The summed E-state index contributed by atoms with van der Waals surface area (Å²) in [6.45, 7) is 1.72. The van der Waals surface area contributed by atoms with Crippen molar-refractivity contribution in [2.75, 3.05) is 14.2 Å². The molecule has 0 radical (unpaired) electrons. The molecule has 0 saturated carbocycles. The van der Waals surface area contributed by atoms with Crippen LogP contribution in [0.25, 0.3) is 0 Å². The van der Waals surface area contributed by atoms with Gasteiger partial charge in [-0.3, -0.25) is 4.79 Å². The Morgan fingerprint density at radius 2 is 1.79 bits per heavy atom. The number of carbonyl (C=O) groups is 2. The number of nitrogens with one attached hydrogen (secondary N) is 1. The molecule has 0 fully saturated rings. The Hall–Kier alpha value is -3.02. The maximum atomic E-state index is 12.4. The summed E-state index contributed by atoms with van der Waals surface area (Å²) in [4.78, 5) is 24.6. The highest BCUT2D eigenvalue weighted by Gasteiger charge is 2.27. The molecule has 0 aliphatic carbocycles. The van der Waals surface area contributed by atoms with Gasteiger partial charge < -0.3 is 19.9 Å². The molecule has 0 heterocycles. The molecule has 2 rings (SSSR count). The Labute approximate surface area is 140 Å². The van der Waals surface area contributed by atoms with Crippen LogP contribution in [0.15, 0.2) is 42.5 Å². The summed E-state index contributed by atoms with van der Waals surface area (Å²) in [5.74, 6) is -0.859. The average Bonchev–Trinajstić information content (AvgIpc) is 2.60. The highest BCUT2D eigenvalue weighted by Crippen LogP contribution is 2.32. The third-order valence-electron chi connectivity index (χ3n) is 3.63. The smallest absolute Gasteiger partial charge is 0.333 e. The molecule has 0 bridgehead atoms. The molecule has 126 valence electrons. The molecule has 1 amide bonds. The van der Waals surface area contributed by atoms with E-state index >= 15 is 0 Å². The third kappa shape index (κ3) is 3.65. The first-order chi connectivity index (χ1) is 11.5. The standard InChI is InChI=1S/C18H19NO5/c1-11-9-14(20)15(23-2)10-13(11)16(18(22)24-3)19-17(21)12-7-5-4-6-8-12/h4-10,16,20H,1-3H3,(H,19,21). The number of esters is 1. The van der Waals surface area contributed by atoms with E-state index in [0.29, 0.717) is 16.7 Å². The van der Waals surface area contributed by atoms with Gasteiger partial charge in [0.2, 0.25) is 0 Å². The zero-order chi connectivity index (χ0) is 17.7. The minimum Gasteiger partial charge on any atom is -0.504 e. The summed E-state index contributed by atoms with van der Waals surface area (Å²) in [7, 11) is 2.65. The molecule has 1 unspecified atom stereocenters. The summed E-state index contributed by atoms with van der Waals surface area (Å²) >= 11 is 0. The Morgan fingerprint density at radius 3 is 2.38 bits per heavy atom. The lowest BCUT2D eigenvalue weighted by Crippen LogP contribution is -2.35. The van der Waals surface area contributed by atoms with Crippen LogP contribution in [0.3, 0.4) is 0 Å². The first-order valence-electron chi connectivity index (χ1n) is 7.29. The molecule has 6 heteroatoms. The second-order valence-corrected chi connectivity index (χ2v) is 5.18. The molecule has 1 atom stereocenters. The quantitative estimate of drug-likeness (QED) is 0.823. The van der Waals surface area contributed by atoms with Gasteiger partial charge >= 0.3 is 5.97 Å².